The summed E-state index contributed by atoms with van der Waals surface area (Å²) >= 11 is 0. The number of aryl methyl sites for hydroxylation is 2. The Morgan fingerprint density at radius 2 is 2.00 bits per heavy atom. The van der Waals surface area contributed by atoms with E-state index in [0.29, 0.717) is 24.5 Å². The first-order chi connectivity index (χ1) is 9.83. The maximum atomic E-state index is 12.5. The zero-order chi connectivity index (χ0) is 15.6. The van der Waals surface area contributed by atoms with Crippen LogP contribution in [0.3, 0.4) is 0 Å². The van der Waals surface area contributed by atoms with Crippen molar-refractivity contribution < 1.29 is 19.4 Å². The Labute approximate surface area is 124 Å². The Balaban J connectivity index is 2.24. The molecular formula is C16H21NO4. The predicted molar refractivity (Wildman–Crippen MR) is 79.7 cm³/mol. The van der Waals surface area contributed by atoms with E-state index in [-0.39, 0.29) is 11.5 Å². The van der Waals surface area contributed by atoms with Crippen LogP contribution >= 0.6 is 0 Å². The Kier molecular flexibility index (Phi) is 4.32. The highest BCUT2D eigenvalue weighted by Gasteiger charge is 2.35. The van der Waals surface area contributed by atoms with Crippen LogP contribution in [0.15, 0.2) is 12.1 Å². The molecule has 114 valence electrons. The Hall–Kier alpha value is -1.88. The summed E-state index contributed by atoms with van der Waals surface area (Å²) < 4.78 is 5.40. The average molecular weight is 291 g/mol. The van der Waals surface area contributed by atoms with Gasteiger partial charge in [-0.1, -0.05) is 6.07 Å². The number of carbonyl (C=O) groups excluding carboxylic acids is 1. The molecule has 1 aliphatic heterocycles. The summed E-state index contributed by atoms with van der Waals surface area (Å²) in [7, 11) is 0. The summed E-state index contributed by atoms with van der Waals surface area (Å²) in [5, 5.41) is 12.0. The molecule has 0 saturated carbocycles. The van der Waals surface area contributed by atoms with Gasteiger partial charge in [-0.3, -0.25) is 4.79 Å². The van der Waals surface area contributed by atoms with E-state index in [1.54, 1.807) is 13.0 Å². The molecule has 1 aromatic rings. The van der Waals surface area contributed by atoms with Crippen molar-refractivity contribution in [2.75, 3.05) is 18.5 Å². The third-order valence-electron chi connectivity index (χ3n) is 4.04. The molecule has 1 amide bonds. The number of rotatable bonds is 3. The second-order valence-electron chi connectivity index (χ2n) is 5.96. The summed E-state index contributed by atoms with van der Waals surface area (Å²) in [6.45, 7) is 6.57. The van der Waals surface area contributed by atoms with Crippen LogP contribution in [0.2, 0.25) is 0 Å². The SMILES string of the molecule is Cc1cc(C)c(C(=O)O)cc1NC(=O)C1(C)CCCOC1. The topological polar surface area (TPSA) is 75.6 Å². The van der Waals surface area contributed by atoms with Crippen molar-refractivity contribution in [3.05, 3.63) is 28.8 Å². The molecule has 1 unspecified atom stereocenters. The average Bonchev–Trinajstić information content (AvgIpc) is 2.42. The van der Waals surface area contributed by atoms with Gasteiger partial charge in [0.1, 0.15) is 0 Å². The molecular weight excluding hydrogens is 270 g/mol. The highest BCUT2D eigenvalue weighted by molar-refractivity contribution is 5.98. The molecule has 1 heterocycles. The second-order valence-corrected chi connectivity index (χ2v) is 5.96. The Morgan fingerprint density at radius 3 is 2.57 bits per heavy atom. The summed E-state index contributed by atoms with van der Waals surface area (Å²) in [4.78, 5) is 23.7. The molecule has 0 aliphatic carbocycles. The van der Waals surface area contributed by atoms with Gasteiger partial charge in [0.15, 0.2) is 0 Å². The number of carboxylic acid groups (broad SMARTS) is 1. The van der Waals surface area contributed by atoms with Gasteiger partial charge in [-0.05, 0) is 50.8 Å². The van der Waals surface area contributed by atoms with Gasteiger partial charge < -0.3 is 15.2 Å². The lowest BCUT2D eigenvalue weighted by Gasteiger charge is -2.32. The van der Waals surface area contributed by atoms with Crippen LogP contribution in [-0.4, -0.2) is 30.2 Å². The standard InChI is InChI=1S/C16H21NO4/c1-10-7-11(2)13(8-12(10)14(18)19)17-15(20)16(3)5-4-6-21-9-16/h7-8H,4-6,9H2,1-3H3,(H,17,20)(H,18,19). The molecule has 2 rings (SSSR count). The highest BCUT2D eigenvalue weighted by Crippen LogP contribution is 2.30. The van der Waals surface area contributed by atoms with Crippen molar-refractivity contribution in [2.45, 2.75) is 33.6 Å². The van der Waals surface area contributed by atoms with Gasteiger partial charge in [0.25, 0.3) is 0 Å². The summed E-state index contributed by atoms with van der Waals surface area (Å²) in [5.41, 5.74) is 1.74. The first kappa shape index (κ1) is 15.5. The lowest BCUT2D eigenvalue weighted by Crippen LogP contribution is -2.40. The first-order valence-corrected chi connectivity index (χ1v) is 7.07. The quantitative estimate of drug-likeness (QED) is 0.898. The molecule has 0 aromatic heterocycles. The molecule has 2 N–H and O–H groups in total. The number of hydrogen-bond acceptors (Lipinski definition) is 3. The van der Waals surface area contributed by atoms with Crippen LogP contribution < -0.4 is 5.32 Å². The molecule has 0 radical (unpaired) electrons. The number of carboxylic acids is 1. The van der Waals surface area contributed by atoms with Gasteiger partial charge in [-0.2, -0.15) is 0 Å². The van der Waals surface area contributed by atoms with Crippen LogP contribution in [-0.2, 0) is 9.53 Å². The maximum absolute atomic E-state index is 12.5. The molecule has 5 nitrogen and oxygen atoms in total. The number of benzene rings is 1. The van der Waals surface area contributed by atoms with Crippen LogP contribution in [0.1, 0.15) is 41.3 Å². The highest BCUT2D eigenvalue weighted by atomic mass is 16.5. The van der Waals surface area contributed by atoms with Crippen LogP contribution in [0.4, 0.5) is 5.69 Å². The Morgan fingerprint density at radius 1 is 1.29 bits per heavy atom. The minimum absolute atomic E-state index is 0.120. The van der Waals surface area contributed by atoms with Crippen molar-refractivity contribution in [3.8, 4) is 0 Å². The number of aromatic carboxylic acids is 1. The van der Waals surface area contributed by atoms with E-state index in [4.69, 9.17) is 4.74 Å². The Bertz CT molecular complexity index is 574. The molecule has 1 saturated heterocycles. The lowest BCUT2D eigenvalue weighted by atomic mass is 9.83. The first-order valence-electron chi connectivity index (χ1n) is 7.07. The van der Waals surface area contributed by atoms with Crippen molar-refractivity contribution in [2.24, 2.45) is 5.41 Å². The van der Waals surface area contributed by atoms with E-state index < -0.39 is 11.4 Å². The zero-order valence-corrected chi connectivity index (χ0v) is 12.7. The van der Waals surface area contributed by atoms with E-state index in [2.05, 4.69) is 5.32 Å². The molecule has 21 heavy (non-hydrogen) atoms. The molecule has 1 aliphatic rings. The molecule has 0 spiro atoms. The third kappa shape index (κ3) is 3.24. The van der Waals surface area contributed by atoms with Gasteiger partial charge in [-0.15, -0.1) is 0 Å². The van der Waals surface area contributed by atoms with Crippen LogP contribution in [0, 0.1) is 19.3 Å². The number of hydrogen-bond donors (Lipinski definition) is 2. The second kappa shape index (κ2) is 5.85. The predicted octanol–water partition coefficient (Wildman–Crippen LogP) is 2.76. The number of amides is 1. The van der Waals surface area contributed by atoms with Crippen molar-refractivity contribution >= 4 is 17.6 Å². The van der Waals surface area contributed by atoms with E-state index in [0.717, 1.165) is 18.4 Å². The molecule has 0 bridgehead atoms. The normalized spacial score (nSPS) is 21.9. The number of nitrogens with one attached hydrogen (secondary N) is 1. The lowest BCUT2D eigenvalue weighted by molar-refractivity contribution is -0.131. The van der Waals surface area contributed by atoms with Gasteiger partial charge in [0.2, 0.25) is 5.91 Å². The van der Waals surface area contributed by atoms with Crippen LogP contribution in [0.5, 0.6) is 0 Å². The largest absolute Gasteiger partial charge is 0.478 e. The van der Waals surface area contributed by atoms with Gasteiger partial charge in [-0.25, -0.2) is 4.79 Å². The minimum Gasteiger partial charge on any atom is -0.478 e. The van der Waals surface area contributed by atoms with Gasteiger partial charge in [0, 0.05) is 12.3 Å². The summed E-state index contributed by atoms with van der Waals surface area (Å²) in [6, 6.07) is 3.30. The maximum Gasteiger partial charge on any atom is 0.336 e. The van der Waals surface area contributed by atoms with E-state index in [1.807, 2.05) is 13.8 Å². The molecule has 1 fully saturated rings. The van der Waals surface area contributed by atoms with Crippen molar-refractivity contribution in [1.29, 1.82) is 0 Å². The fourth-order valence-electron chi connectivity index (χ4n) is 2.60. The smallest absolute Gasteiger partial charge is 0.336 e. The third-order valence-corrected chi connectivity index (χ3v) is 4.04. The number of carbonyl (C=O) groups is 2. The number of ether oxygens (including phenoxy) is 1. The molecule has 5 heteroatoms. The summed E-state index contributed by atoms with van der Waals surface area (Å²) in [6.07, 6.45) is 1.63. The molecule has 1 atom stereocenters. The minimum atomic E-state index is -0.991. The van der Waals surface area contributed by atoms with Gasteiger partial charge in [0.05, 0.1) is 17.6 Å². The van der Waals surface area contributed by atoms with Gasteiger partial charge >= 0.3 is 5.97 Å². The van der Waals surface area contributed by atoms with Crippen LogP contribution in [0.25, 0.3) is 0 Å². The molecule has 1 aromatic carbocycles. The monoisotopic (exact) mass is 291 g/mol. The van der Waals surface area contributed by atoms with Crippen molar-refractivity contribution in [1.82, 2.24) is 0 Å². The zero-order valence-electron chi connectivity index (χ0n) is 12.7. The van der Waals surface area contributed by atoms with E-state index in [1.165, 1.54) is 6.07 Å². The fourth-order valence-corrected chi connectivity index (χ4v) is 2.60. The van der Waals surface area contributed by atoms with E-state index >= 15 is 0 Å². The fraction of sp³-hybridized carbons (Fsp3) is 0.500. The number of anilines is 1. The summed E-state index contributed by atoms with van der Waals surface area (Å²) in [5.74, 6) is -1.11. The van der Waals surface area contributed by atoms with Crippen molar-refractivity contribution in [3.63, 3.8) is 0 Å². The van der Waals surface area contributed by atoms with E-state index in [9.17, 15) is 14.7 Å².